The van der Waals surface area contributed by atoms with Crippen LogP contribution in [0.25, 0.3) is 11.3 Å². The summed E-state index contributed by atoms with van der Waals surface area (Å²) in [6, 6.07) is 1.70. The first-order valence-electron chi connectivity index (χ1n) is 5.72. The van der Waals surface area contributed by atoms with Crippen molar-refractivity contribution in [1.82, 2.24) is 15.4 Å². The van der Waals surface area contributed by atoms with Crippen LogP contribution < -0.4 is 5.73 Å². The van der Waals surface area contributed by atoms with Crippen molar-refractivity contribution in [3.8, 4) is 11.3 Å². The summed E-state index contributed by atoms with van der Waals surface area (Å²) < 4.78 is 43.9. The smallest absolute Gasteiger partial charge is 0.417 e. The monoisotopic (exact) mass is 300 g/mol. The molecular formula is C12H11F3N4O2. The topological polar surface area (TPSA) is 93.9 Å². The van der Waals surface area contributed by atoms with Gasteiger partial charge in [-0.1, -0.05) is 0 Å². The molecule has 2 rings (SSSR count). The number of halogens is 3. The van der Waals surface area contributed by atoms with Gasteiger partial charge < -0.3 is 10.5 Å². The van der Waals surface area contributed by atoms with Crippen molar-refractivity contribution in [3.05, 3.63) is 29.0 Å². The van der Waals surface area contributed by atoms with E-state index in [2.05, 4.69) is 20.1 Å². The lowest BCUT2D eigenvalue weighted by molar-refractivity contribution is -0.137. The van der Waals surface area contributed by atoms with Crippen LogP contribution in [0.5, 0.6) is 0 Å². The van der Waals surface area contributed by atoms with E-state index in [0.29, 0.717) is 6.07 Å². The number of methoxy groups -OCH3 is 1. The van der Waals surface area contributed by atoms with E-state index in [1.54, 1.807) is 0 Å². The maximum absolute atomic E-state index is 13.1. The van der Waals surface area contributed by atoms with Crippen LogP contribution >= 0.6 is 0 Å². The Labute approximate surface area is 117 Å². The number of H-pyrrole nitrogens is 1. The highest BCUT2D eigenvalue weighted by atomic mass is 19.4. The lowest BCUT2D eigenvalue weighted by Gasteiger charge is -2.14. The number of hydrogen-bond acceptors (Lipinski definition) is 5. The molecule has 0 atom stereocenters. The minimum atomic E-state index is -4.65. The second kappa shape index (κ2) is 5.08. The molecule has 0 unspecified atom stereocenters. The number of alkyl halides is 3. The molecular weight excluding hydrogens is 289 g/mol. The highest BCUT2D eigenvalue weighted by Gasteiger charge is 2.36. The van der Waals surface area contributed by atoms with Crippen molar-refractivity contribution in [2.24, 2.45) is 0 Å². The molecule has 9 heteroatoms. The van der Waals surface area contributed by atoms with Crippen molar-refractivity contribution in [2.45, 2.75) is 13.1 Å². The van der Waals surface area contributed by atoms with Gasteiger partial charge in [0.2, 0.25) is 0 Å². The van der Waals surface area contributed by atoms with E-state index in [4.69, 9.17) is 5.73 Å². The summed E-state index contributed by atoms with van der Waals surface area (Å²) in [6.07, 6.45) is -4.65. The van der Waals surface area contributed by atoms with Gasteiger partial charge in [0, 0.05) is 11.3 Å². The highest BCUT2D eigenvalue weighted by Crippen LogP contribution is 2.39. The number of nitrogens with zero attached hydrogens (tertiary/aromatic N) is 2. The standard InChI is InChI=1S/C12H11F3N4O2/c1-5-10(18-19-17-5)6-3-7(11(20)21-2)9(16)4-8(6)12(13,14)15/h3-4H,16H2,1-2H3,(H,17,18,19). The number of ether oxygens (including phenoxy) is 1. The Morgan fingerprint density at radius 1 is 1.33 bits per heavy atom. The number of rotatable bonds is 2. The van der Waals surface area contributed by atoms with Gasteiger partial charge in [-0.3, -0.25) is 0 Å². The third-order valence-corrected chi connectivity index (χ3v) is 2.88. The Kier molecular flexibility index (Phi) is 3.58. The summed E-state index contributed by atoms with van der Waals surface area (Å²) >= 11 is 0. The third-order valence-electron chi connectivity index (χ3n) is 2.88. The normalized spacial score (nSPS) is 11.5. The zero-order valence-electron chi connectivity index (χ0n) is 11.1. The van der Waals surface area contributed by atoms with Crippen LogP contribution in [-0.4, -0.2) is 28.5 Å². The molecule has 1 aromatic carbocycles. The number of nitrogens with two attached hydrogens (primary N) is 1. The molecule has 112 valence electrons. The Balaban J connectivity index is 2.76. The van der Waals surface area contributed by atoms with Crippen LogP contribution in [0.15, 0.2) is 12.1 Å². The Hall–Kier alpha value is -2.58. The molecule has 1 aromatic heterocycles. The predicted octanol–water partition coefficient (Wildman–Crippen LogP) is 2.17. The average molecular weight is 300 g/mol. The molecule has 0 saturated heterocycles. The maximum atomic E-state index is 13.1. The molecule has 0 spiro atoms. The first kappa shape index (κ1) is 14.8. The van der Waals surface area contributed by atoms with Crippen molar-refractivity contribution in [2.75, 3.05) is 12.8 Å². The van der Waals surface area contributed by atoms with Gasteiger partial charge in [-0.15, -0.1) is 0 Å². The summed E-state index contributed by atoms with van der Waals surface area (Å²) in [5, 5.41) is 9.61. The molecule has 2 aromatic rings. The lowest BCUT2D eigenvalue weighted by atomic mass is 9.98. The summed E-state index contributed by atoms with van der Waals surface area (Å²) in [5.74, 6) is -0.830. The van der Waals surface area contributed by atoms with E-state index in [9.17, 15) is 18.0 Å². The van der Waals surface area contributed by atoms with Gasteiger partial charge in [0.1, 0.15) is 5.69 Å². The summed E-state index contributed by atoms with van der Waals surface area (Å²) in [6.45, 7) is 1.49. The van der Waals surface area contributed by atoms with Gasteiger partial charge in [0.25, 0.3) is 0 Å². The van der Waals surface area contributed by atoms with E-state index in [1.807, 2.05) is 0 Å². The number of aromatic nitrogens is 3. The minimum absolute atomic E-state index is 0.00696. The molecule has 0 aliphatic heterocycles. The summed E-state index contributed by atoms with van der Waals surface area (Å²) in [7, 11) is 1.11. The molecule has 0 radical (unpaired) electrons. The highest BCUT2D eigenvalue weighted by molar-refractivity contribution is 5.97. The third kappa shape index (κ3) is 2.67. The maximum Gasteiger partial charge on any atom is 0.417 e. The van der Waals surface area contributed by atoms with Crippen LogP contribution in [0.3, 0.4) is 0 Å². The summed E-state index contributed by atoms with van der Waals surface area (Å²) in [5.41, 5.74) is 4.00. The van der Waals surface area contributed by atoms with Crippen LogP contribution in [-0.2, 0) is 10.9 Å². The summed E-state index contributed by atoms with van der Waals surface area (Å²) in [4.78, 5) is 11.6. The lowest BCUT2D eigenvalue weighted by Crippen LogP contribution is -2.13. The molecule has 0 aliphatic carbocycles. The van der Waals surface area contributed by atoms with Gasteiger partial charge in [-0.2, -0.15) is 28.6 Å². The number of carbonyl (C=O) groups excluding carboxylic acids is 1. The number of carbonyl (C=O) groups is 1. The number of aromatic amines is 1. The predicted molar refractivity (Wildman–Crippen MR) is 67.3 cm³/mol. The van der Waals surface area contributed by atoms with Crippen molar-refractivity contribution in [1.29, 1.82) is 0 Å². The van der Waals surface area contributed by atoms with Crippen molar-refractivity contribution in [3.63, 3.8) is 0 Å². The van der Waals surface area contributed by atoms with Gasteiger partial charge in [0.15, 0.2) is 0 Å². The SMILES string of the molecule is COC(=O)c1cc(-c2n[nH]nc2C)c(C(F)(F)F)cc1N. The van der Waals surface area contributed by atoms with Crippen LogP contribution in [0.1, 0.15) is 21.6 Å². The number of aryl methyl sites for hydroxylation is 1. The van der Waals surface area contributed by atoms with E-state index >= 15 is 0 Å². The van der Waals surface area contributed by atoms with Crippen molar-refractivity contribution >= 4 is 11.7 Å². The number of nitrogens with one attached hydrogen (secondary N) is 1. The second-order valence-corrected chi connectivity index (χ2v) is 4.23. The van der Waals surface area contributed by atoms with Crippen LogP contribution in [0.4, 0.5) is 18.9 Å². The molecule has 0 amide bonds. The second-order valence-electron chi connectivity index (χ2n) is 4.23. The van der Waals surface area contributed by atoms with Gasteiger partial charge >= 0.3 is 12.1 Å². The van der Waals surface area contributed by atoms with E-state index in [1.165, 1.54) is 6.92 Å². The average Bonchev–Trinajstić information content (AvgIpc) is 2.82. The van der Waals surface area contributed by atoms with Crippen molar-refractivity contribution < 1.29 is 22.7 Å². The molecule has 0 bridgehead atoms. The molecule has 0 saturated carbocycles. The fourth-order valence-electron chi connectivity index (χ4n) is 1.87. The molecule has 0 fully saturated rings. The largest absolute Gasteiger partial charge is 0.465 e. The number of benzene rings is 1. The minimum Gasteiger partial charge on any atom is -0.465 e. The van der Waals surface area contributed by atoms with E-state index < -0.39 is 17.7 Å². The van der Waals surface area contributed by atoms with Crippen LogP contribution in [0, 0.1) is 6.92 Å². The fraction of sp³-hybridized carbons (Fsp3) is 0.250. The van der Waals surface area contributed by atoms with Crippen LogP contribution in [0.2, 0.25) is 0 Å². The molecule has 1 heterocycles. The molecule has 0 aliphatic rings. The number of anilines is 1. The molecule has 3 N–H and O–H groups in total. The molecule has 21 heavy (non-hydrogen) atoms. The first-order chi connectivity index (χ1) is 9.75. The zero-order valence-corrected chi connectivity index (χ0v) is 11.1. The zero-order chi connectivity index (χ0) is 15.8. The Morgan fingerprint density at radius 2 is 2.00 bits per heavy atom. The van der Waals surface area contributed by atoms with E-state index in [0.717, 1.165) is 13.2 Å². The Bertz CT molecular complexity index is 694. The van der Waals surface area contributed by atoms with E-state index in [-0.39, 0.29) is 28.2 Å². The van der Waals surface area contributed by atoms with Gasteiger partial charge in [-0.05, 0) is 19.1 Å². The molecule has 6 nitrogen and oxygen atoms in total. The number of esters is 1. The number of nitrogen functional groups attached to an aromatic ring is 1. The fourth-order valence-corrected chi connectivity index (χ4v) is 1.87. The van der Waals surface area contributed by atoms with Gasteiger partial charge in [-0.25, -0.2) is 4.79 Å². The first-order valence-corrected chi connectivity index (χ1v) is 5.72. The number of hydrogen-bond donors (Lipinski definition) is 2. The quantitative estimate of drug-likeness (QED) is 0.655. The Morgan fingerprint density at radius 3 is 2.48 bits per heavy atom. The van der Waals surface area contributed by atoms with Gasteiger partial charge in [0.05, 0.1) is 23.9 Å².